The van der Waals surface area contributed by atoms with E-state index in [1.807, 2.05) is 11.8 Å². The molecule has 2 unspecified atom stereocenters. The lowest BCUT2D eigenvalue weighted by atomic mass is 10.1. The monoisotopic (exact) mass is 268 g/mol. The van der Waals surface area contributed by atoms with E-state index in [-0.39, 0.29) is 23.9 Å². The topological polar surface area (TPSA) is 58.6 Å². The van der Waals surface area contributed by atoms with Crippen LogP contribution in [0.2, 0.25) is 0 Å². The second-order valence-electron chi connectivity index (χ2n) is 5.67. The summed E-state index contributed by atoms with van der Waals surface area (Å²) in [5, 5.41) is 2.90. The van der Waals surface area contributed by atoms with Gasteiger partial charge in [0.15, 0.2) is 0 Å². The van der Waals surface area contributed by atoms with Crippen molar-refractivity contribution in [2.24, 2.45) is 5.92 Å². The maximum atomic E-state index is 12.5. The number of nitrogens with zero attached hydrogens (tertiary/aromatic N) is 1. The fraction of sp³-hybridized carbons (Fsp3) is 0.857. The van der Waals surface area contributed by atoms with Gasteiger partial charge in [0.1, 0.15) is 6.04 Å². The Kier molecular flexibility index (Phi) is 4.80. The van der Waals surface area contributed by atoms with Gasteiger partial charge in [-0.05, 0) is 38.5 Å². The van der Waals surface area contributed by atoms with Crippen LogP contribution in [0.4, 0.5) is 0 Å². The Hall–Kier alpha value is -1.10. The largest absolute Gasteiger partial charge is 0.385 e. The Morgan fingerprint density at radius 3 is 2.68 bits per heavy atom. The summed E-state index contributed by atoms with van der Waals surface area (Å²) >= 11 is 0. The summed E-state index contributed by atoms with van der Waals surface area (Å²) in [4.78, 5) is 26.2. The predicted octanol–water partition coefficient (Wildman–Crippen LogP) is 0.929. The first-order valence-electron chi connectivity index (χ1n) is 7.22. The number of unbranched alkanes of at least 4 members (excludes halogenated alkanes) is 1. The van der Waals surface area contributed by atoms with Crippen molar-refractivity contribution in [1.29, 1.82) is 0 Å². The van der Waals surface area contributed by atoms with Crippen LogP contribution in [0.3, 0.4) is 0 Å². The lowest BCUT2D eigenvalue weighted by Crippen LogP contribution is -2.47. The Bertz CT molecular complexity index is 342. The average Bonchev–Trinajstić information content (AvgIpc) is 3.18. The molecule has 2 fully saturated rings. The van der Waals surface area contributed by atoms with Crippen molar-refractivity contribution in [3.05, 3.63) is 0 Å². The first-order valence-corrected chi connectivity index (χ1v) is 7.22. The molecule has 1 N–H and O–H groups in total. The number of methoxy groups -OCH3 is 1. The Labute approximate surface area is 114 Å². The second-order valence-corrected chi connectivity index (χ2v) is 5.67. The molecule has 2 aliphatic rings. The van der Waals surface area contributed by atoms with Gasteiger partial charge in [-0.25, -0.2) is 0 Å². The lowest BCUT2D eigenvalue weighted by Gasteiger charge is -2.28. The van der Waals surface area contributed by atoms with Crippen molar-refractivity contribution in [3.8, 4) is 0 Å². The molecule has 1 heterocycles. The second kappa shape index (κ2) is 6.37. The smallest absolute Gasteiger partial charge is 0.245 e. The molecule has 0 spiro atoms. The van der Waals surface area contributed by atoms with Gasteiger partial charge in [-0.1, -0.05) is 0 Å². The number of nitrogens with one attached hydrogen (secondary N) is 1. The highest BCUT2D eigenvalue weighted by molar-refractivity contribution is 5.91. The van der Waals surface area contributed by atoms with Crippen LogP contribution in [0.15, 0.2) is 0 Å². The number of hydrogen-bond acceptors (Lipinski definition) is 3. The summed E-state index contributed by atoms with van der Waals surface area (Å²) in [5.74, 6) is 0.485. The molecule has 0 aromatic heterocycles. The summed E-state index contributed by atoms with van der Waals surface area (Å²) in [6, 6.07) is -0.279. The number of rotatable bonds is 6. The summed E-state index contributed by atoms with van der Waals surface area (Å²) in [6.07, 6.45) is 4.41. The molecule has 5 heteroatoms. The molecular weight excluding hydrogens is 244 g/mol. The number of carbonyl (C=O) groups is 2. The molecule has 1 aliphatic carbocycles. The number of hydrogen-bond donors (Lipinski definition) is 1. The van der Waals surface area contributed by atoms with Gasteiger partial charge < -0.3 is 15.0 Å². The quantitative estimate of drug-likeness (QED) is 0.729. The van der Waals surface area contributed by atoms with Gasteiger partial charge in [0, 0.05) is 32.7 Å². The highest BCUT2D eigenvalue weighted by Crippen LogP contribution is 2.34. The minimum Gasteiger partial charge on any atom is -0.385 e. The zero-order valence-electron chi connectivity index (χ0n) is 11.9. The van der Waals surface area contributed by atoms with Crippen molar-refractivity contribution in [2.75, 3.05) is 20.3 Å². The molecule has 0 radical (unpaired) electrons. The Morgan fingerprint density at radius 1 is 1.32 bits per heavy atom. The van der Waals surface area contributed by atoms with Gasteiger partial charge in [0.05, 0.1) is 0 Å². The Balaban J connectivity index is 1.96. The first kappa shape index (κ1) is 14.3. The van der Waals surface area contributed by atoms with Crippen LogP contribution in [0.1, 0.15) is 39.0 Å². The standard InChI is InChI=1S/C14H24N2O3/c1-10-9-12(17)15-13(11-5-6-11)14(18)16(10)7-3-4-8-19-2/h10-11,13H,3-9H2,1-2H3,(H,15,17). The van der Waals surface area contributed by atoms with Crippen LogP contribution in [0, 0.1) is 5.92 Å². The molecule has 5 nitrogen and oxygen atoms in total. The molecule has 2 rings (SSSR count). The van der Waals surface area contributed by atoms with Crippen LogP contribution >= 0.6 is 0 Å². The minimum absolute atomic E-state index is 0.00112. The van der Waals surface area contributed by atoms with Gasteiger partial charge in [-0.3, -0.25) is 9.59 Å². The number of amides is 2. The molecule has 0 bridgehead atoms. The number of carbonyl (C=O) groups excluding carboxylic acids is 2. The molecule has 1 saturated carbocycles. The van der Waals surface area contributed by atoms with Gasteiger partial charge in [-0.15, -0.1) is 0 Å². The third-order valence-corrected chi connectivity index (χ3v) is 3.97. The van der Waals surface area contributed by atoms with Crippen molar-refractivity contribution in [2.45, 2.75) is 51.1 Å². The number of ether oxygens (including phenoxy) is 1. The van der Waals surface area contributed by atoms with Crippen molar-refractivity contribution >= 4 is 11.8 Å². The molecule has 108 valence electrons. The average molecular weight is 268 g/mol. The van der Waals surface area contributed by atoms with Crippen LogP contribution in [0.5, 0.6) is 0 Å². The van der Waals surface area contributed by atoms with Crippen molar-refractivity contribution in [3.63, 3.8) is 0 Å². The van der Waals surface area contributed by atoms with Gasteiger partial charge in [0.25, 0.3) is 0 Å². The third-order valence-electron chi connectivity index (χ3n) is 3.97. The van der Waals surface area contributed by atoms with Gasteiger partial charge in [-0.2, -0.15) is 0 Å². The van der Waals surface area contributed by atoms with E-state index in [2.05, 4.69) is 5.32 Å². The van der Waals surface area contributed by atoms with Crippen LogP contribution in [0.25, 0.3) is 0 Å². The summed E-state index contributed by atoms with van der Waals surface area (Å²) < 4.78 is 5.03. The van der Waals surface area contributed by atoms with Crippen molar-refractivity contribution in [1.82, 2.24) is 10.2 Å². The molecule has 0 aromatic rings. The molecular formula is C14H24N2O3. The summed E-state index contributed by atoms with van der Waals surface area (Å²) in [7, 11) is 1.69. The normalized spacial score (nSPS) is 28.2. The van der Waals surface area contributed by atoms with Crippen LogP contribution in [-0.4, -0.2) is 49.1 Å². The van der Waals surface area contributed by atoms with E-state index >= 15 is 0 Å². The van der Waals surface area contributed by atoms with E-state index in [1.54, 1.807) is 7.11 Å². The van der Waals surface area contributed by atoms with E-state index in [9.17, 15) is 9.59 Å². The van der Waals surface area contributed by atoms with E-state index in [4.69, 9.17) is 4.74 Å². The molecule has 1 saturated heterocycles. The third kappa shape index (κ3) is 3.69. The van der Waals surface area contributed by atoms with Gasteiger partial charge >= 0.3 is 0 Å². The fourth-order valence-electron chi connectivity index (χ4n) is 2.68. The first-order chi connectivity index (χ1) is 9.13. The van der Waals surface area contributed by atoms with E-state index < -0.39 is 0 Å². The fourth-order valence-corrected chi connectivity index (χ4v) is 2.68. The zero-order chi connectivity index (χ0) is 13.8. The molecule has 1 aliphatic heterocycles. The maximum absolute atomic E-state index is 12.5. The lowest BCUT2D eigenvalue weighted by molar-refractivity contribution is -0.135. The van der Waals surface area contributed by atoms with E-state index in [1.165, 1.54) is 0 Å². The zero-order valence-corrected chi connectivity index (χ0v) is 11.9. The molecule has 0 aromatic carbocycles. The minimum atomic E-state index is -0.278. The Morgan fingerprint density at radius 2 is 2.05 bits per heavy atom. The van der Waals surface area contributed by atoms with Crippen molar-refractivity contribution < 1.29 is 14.3 Å². The molecule has 19 heavy (non-hydrogen) atoms. The van der Waals surface area contributed by atoms with Crippen LogP contribution < -0.4 is 5.32 Å². The van der Waals surface area contributed by atoms with Gasteiger partial charge in [0.2, 0.25) is 11.8 Å². The predicted molar refractivity (Wildman–Crippen MR) is 71.6 cm³/mol. The highest BCUT2D eigenvalue weighted by atomic mass is 16.5. The van der Waals surface area contributed by atoms with E-state index in [0.717, 1.165) is 38.8 Å². The van der Waals surface area contributed by atoms with Crippen LogP contribution in [-0.2, 0) is 14.3 Å². The molecule has 2 amide bonds. The highest BCUT2D eigenvalue weighted by Gasteiger charge is 2.42. The van der Waals surface area contributed by atoms with E-state index in [0.29, 0.717) is 12.3 Å². The molecule has 2 atom stereocenters. The SMILES string of the molecule is COCCCCN1C(=O)C(C2CC2)NC(=O)CC1C. The summed E-state index contributed by atoms with van der Waals surface area (Å²) in [6.45, 7) is 3.41. The maximum Gasteiger partial charge on any atom is 0.245 e. The summed E-state index contributed by atoms with van der Waals surface area (Å²) in [5.41, 5.74) is 0.